The third-order valence-electron chi connectivity index (χ3n) is 4.14. The largest absolute Gasteiger partial charge is 0.497 e. The molecule has 1 N–H and O–H groups in total. The van der Waals surface area contributed by atoms with Gasteiger partial charge in [0.25, 0.3) is 0 Å². The second kappa shape index (κ2) is 7.45. The standard InChI is InChI=1S/C17H20N2O4S2/c1-22-15-5-2-4-13(10-15)18-17(24)19(11-16-6-3-8-23-16)14-7-9-25(20,21)12-14/h2-6,8,10,14H,7,9,11-12H2,1H3,(H,18,24)/t14-/m0/s1. The summed E-state index contributed by atoms with van der Waals surface area (Å²) in [6.45, 7) is 0.420. The fourth-order valence-corrected chi connectivity index (χ4v) is 4.92. The molecule has 1 fully saturated rings. The van der Waals surface area contributed by atoms with Crippen LogP contribution in [0, 0.1) is 0 Å². The number of nitrogens with zero attached hydrogens (tertiary/aromatic N) is 1. The lowest BCUT2D eigenvalue weighted by Gasteiger charge is -2.30. The Hall–Kier alpha value is -2.06. The highest BCUT2D eigenvalue weighted by atomic mass is 32.2. The van der Waals surface area contributed by atoms with Gasteiger partial charge in [0.05, 0.1) is 31.4 Å². The smallest absolute Gasteiger partial charge is 0.174 e. The maximum atomic E-state index is 11.9. The number of hydrogen-bond acceptors (Lipinski definition) is 5. The van der Waals surface area contributed by atoms with Crippen molar-refractivity contribution in [3.63, 3.8) is 0 Å². The number of sulfone groups is 1. The molecule has 0 radical (unpaired) electrons. The molecule has 0 saturated carbocycles. The molecule has 6 nitrogen and oxygen atoms in total. The summed E-state index contributed by atoms with van der Waals surface area (Å²) < 4.78 is 34.4. The molecular formula is C17H20N2O4S2. The van der Waals surface area contributed by atoms with E-state index in [0.29, 0.717) is 23.8 Å². The lowest BCUT2D eigenvalue weighted by atomic mass is 10.2. The fraction of sp³-hybridized carbons (Fsp3) is 0.353. The third kappa shape index (κ3) is 4.52. The molecule has 0 bridgehead atoms. The number of rotatable bonds is 5. The highest BCUT2D eigenvalue weighted by molar-refractivity contribution is 7.91. The van der Waals surface area contributed by atoms with E-state index in [1.165, 1.54) is 0 Å². The SMILES string of the molecule is COc1cccc(NC(=S)N(Cc2ccco2)[C@H]2CCS(=O)(=O)C2)c1. The number of anilines is 1. The van der Waals surface area contributed by atoms with Gasteiger partial charge in [-0.3, -0.25) is 0 Å². The van der Waals surface area contributed by atoms with Gasteiger partial charge in [-0.15, -0.1) is 0 Å². The lowest BCUT2D eigenvalue weighted by molar-refractivity contribution is 0.302. The molecule has 1 aromatic heterocycles. The Morgan fingerprint density at radius 3 is 2.88 bits per heavy atom. The van der Waals surface area contributed by atoms with E-state index in [1.54, 1.807) is 19.4 Å². The number of benzene rings is 1. The third-order valence-corrected chi connectivity index (χ3v) is 6.22. The molecular weight excluding hydrogens is 360 g/mol. The molecule has 1 aromatic carbocycles. The highest BCUT2D eigenvalue weighted by Gasteiger charge is 2.34. The molecule has 0 spiro atoms. The number of nitrogens with one attached hydrogen (secondary N) is 1. The Kier molecular flexibility index (Phi) is 5.29. The van der Waals surface area contributed by atoms with E-state index in [0.717, 1.165) is 11.4 Å². The summed E-state index contributed by atoms with van der Waals surface area (Å²) in [5.74, 6) is 1.75. The molecule has 134 valence electrons. The fourth-order valence-electron chi connectivity index (χ4n) is 2.85. The molecule has 1 atom stereocenters. The molecule has 0 unspecified atom stereocenters. The normalized spacial score (nSPS) is 18.7. The number of ether oxygens (including phenoxy) is 1. The Morgan fingerprint density at radius 2 is 2.24 bits per heavy atom. The number of furan rings is 1. The van der Waals surface area contributed by atoms with Crippen molar-refractivity contribution in [2.45, 2.75) is 19.0 Å². The van der Waals surface area contributed by atoms with Crippen LogP contribution in [0.3, 0.4) is 0 Å². The van der Waals surface area contributed by atoms with E-state index >= 15 is 0 Å². The van der Waals surface area contributed by atoms with E-state index in [1.807, 2.05) is 35.2 Å². The minimum atomic E-state index is -3.02. The number of hydrogen-bond donors (Lipinski definition) is 1. The van der Waals surface area contributed by atoms with E-state index in [2.05, 4.69) is 5.32 Å². The summed E-state index contributed by atoms with van der Waals surface area (Å²) in [5.41, 5.74) is 0.787. The minimum absolute atomic E-state index is 0.105. The van der Waals surface area contributed by atoms with Crippen LogP contribution in [-0.2, 0) is 16.4 Å². The minimum Gasteiger partial charge on any atom is -0.497 e. The monoisotopic (exact) mass is 380 g/mol. The van der Waals surface area contributed by atoms with Crippen molar-refractivity contribution in [2.24, 2.45) is 0 Å². The molecule has 8 heteroatoms. The zero-order valence-electron chi connectivity index (χ0n) is 13.8. The zero-order valence-corrected chi connectivity index (χ0v) is 15.5. The van der Waals surface area contributed by atoms with Crippen molar-refractivity contribution in [2.75, 3.05) is 23.9 Å². The first-order valence-electron chi connectivity index (χ1n) is 7.91. The Bertz CT molecular complexity index is 834. The predicted molar refractivity (Wildman–Crippen MR) is 101 cm³/mol. The quantitative estimate of drug-likeness (QED) is 0.800. The van der Waals surface area contributed by atoms with Crippen LogP contribution in [-0.4, -0.2) is 43.1 Å². The van der Waals surface area contributed by atoms with Gasteiger partial charge in [-0.05, 0) is 42.9 Å². The summed E-state index contributed by atoms with van der Waals surface area (Å²) in [5, 5.41) is 3.64. The number of methoxy groups -OCH3 is 1. The predicted octanol–water partition coefficient (Wildman–Crippen LogP) is 2.67. The second-order valence-electron chi connectivity index (χ2n) is 5.93. The molecule has 1 aliphatic rings. The summed E-state index contributed by atoms with van der Waals surface area (Å²) in [7, 11) is -1.41. The summed E-state index contributed by atoms with van der Waals surface area (Å²) in [6.07, 6.45) is 2.15. The molecule has 3 rings (SSSR count). The maximum Gasteiger partial charge on any atom is 0.174 e. The van der Waals surface area contributed by atoms with Gasteiger partial charge in [0.2, 0.25) is 0 Å². The van der Waals surface area contributed by atoms with E-state index < -0.39 is 9.84 Å². The van der Waals surface area contributed by atoms with Gasteiger partial charge in [0.1, 0.15) is 11.5 Å². The van der Waals surface area contributed by atoms with Crippen LogP contribution in [0.1, 0.15) is 12.2 Å². The maximum absolute atomic E-state index is 11.9. The van der Waals surface area contributed by atoms with E-state index in [-0.39, 0.29) is 17.5 Å². The molecule has 25 heavy (non-hydrogen) atoms. The van der Waals surface area contributed by atoms with Crippen molar-refractivity contribution in [3.8, 4) is 5.75 Å². The van der Waals surface area contributed by atoms with Crippen LogP contribution >= 0.6 is 12.2 Å². The van der Waals surface area contributed by atoms with Gasteiger partial charge >= 0.3 is 0 Å². The van der Waals surface area contributed by atoms with Crippen molar-refractivity contribution >= 4 is 32.9 Å². The molecule has 0 amide bonds. The number of thiocarbonyl (C=S) groups is 1. The van der Waals surface area contributed by atoms with Crippen molar-refractivity contribution < 1.29 is 17.6 Å². The average molecular weight is 380 g/mol. The van der Waals surface area contributed by atoms with Gasteiger partial charge in [0, 0.05) is 17.8 Å². The van der Waals surface area contributed by atoms with Gasteiger partial charge in [-0.25, -0.2) is 8.42 Å². The first-order valence-corrected chi connectivity index (χ1v) is 10.1. The zero-order chi connectivity index (χ0) is 17.9. The lowest BCUT2D eigenvalue weighted by Crippen LogP contribution is -2.42. The Balaban J connectivity index is 1.79. The van der Waals surface area contributed by atoms with Crippen LogP contribution < -0.4 is 10.1 Å². The van der Waals surface area contributed by atoms with Crippen LogP contribution in [0.4, 0.5) is 5.69 Å². The summed E-state index contributed by atoms with van der Waals surface area (Å²) in [4.78, 5) is 1.89. The Morgan fingerprint density at radius 1 is 1.40 bits per heavy atom. The van der Waals surface area contributed by atoms with Crippen LogP contribution in [0.25, 0.3) is 0 Å². The van der Waals surface area contributed by atoms with Crippen LogP contribution in [0.15, 0.2) is 47.1 Å². The van der Waals surface area contributed by atoms with E-state index in [4.69, 9.17) is 21.4 Å². The first-order chi connectivity index (χ1) is 12.0. The molecule has 1 saturated heterocycles. The molecule has 0 aliphatic carbocycles. The van der Waals surface area contributed by atoms with Gasteiger partial charge in [-0.1, -0.05) is 6.07 Å². The van der Waals surface area contributed by atoms with Gasteiger partial charge in [-0.2, -0.15) is 0 Å². The van der Waals surface area contributed by atoms with Crippen LogP contribution in [0.5, 0.6) is 5.75 Å². The highest BCUT2D eigenvalue weighted by Crippen LogP contribution is 2.23. The molecule has 1 aliphatic heterocycles. The Labute approximate surface area is 152 Å². The molecule has 2 heterocycles. The first kappa shape index (κ1) is 17.8. The van der Waals surface area contributed by atoms with Crippen molar-refractivity contribution in [1.29, 1.82) is 0 Å². The van der Waals surface area contributed by atoms with Crippen molar-refractivity contribution in [3.05, 3.63) is 48.4 Å². The topological polar surface area (TPSA) is 71.8 Å². The summed E-state index contributed by atoms with van der Waals surface area (Å²) >= 11 is 5.56. The van der Waals surface area contributed by atoms with Crippen LogP contribution in [0.2, 0.25) is 0 Å². The average Bonchev–Trinajstić information content (AvgIpc) is 3.21. The summed E-state index contributed by atoms with van der Waals surface area (Å²) in [6, 6.07) is 10.9. The van der Waals surface area contributed by atoms with Gasteiger partial charge in [0.15, 0.2) is 14.9 Å². The van der Waals surface area contributed by atoms with Gasteiger partial charge < -0.3 is 19.4 Å². The van der Waals surface area contributed by atoms with Crippen molar-refractivity contribution in [1.82, 2.24) is 4.90 Å². The molecule has 2 aromatic rings. The van der Waals surface area contributed by atoms with E-state index in [9.17, 15) is 8.42 Å². The second-order valence-corrected chi connectivity index (χ2v) is 8.54.